The number of carbonyl (C=O) groups is 1. The average Bonchev–Trinajstić information content (AvgIpc) is 3.07. The molecule has 0 aromatic heterocycles. The fraction of sp³-hybridized carbons (Fsp3) is 0.400. The number of benzene rings is 1. The lowest BCUT2D eigenvalue weighted by atomic mass is 10.1. The first-order chi connectivity index (χ1) is 8.61. The van der Waals surface area contributed by atoms with Gasteiger partial charge in [0.25, 0.3) is 0 Å². The van der Waals surface area contributed by atoms with Crippen LogP contribution in [0.5, 0.6) is 0 Å². The highest BCUT2D eigenvalue weighted by Gasteiger charge is 2.39. The molecule has 0 bridgehead atoms. The maximum absolute atomic E-state index is 11.8. The van der Waals surface area contributed by atoms with Gasteiger partial charge in [0.05, 0.1) is 6.54 Å². The van der Waals surface area contributed by atoms with Crippen LogP contribution in [0.3, 0.4) is 0 Å². The summed E-state index contributed by atoms with van der Waals surface area (Å²) in [6.45, 7) is 4.43. The van der Waals surface area contributed by atoms with Gasteiger partial charge in [-0.1, -0.05) is 18.8 Å². The Kier molecular flexibility index (Phi) is 3.69. The third-order valence-corrected chi connectivity index (χ3v) is 3.27. The number of carbonyl (C=O) groups excluding carboxylic acids is 1. The Balaban J connectivity index is 2.07. The van der Waals surface area contributed by atoms with E-state index in [9.17, 15) is 4.79 Å². The SMILES string of the molecule is Cc1cc(C#CCN)ccc1NC(=O)C1CC1C. The lowest BCUT2D eigenvalue weighted by Crippen LogP contribution is -2.15. The molecule has 0 aliphatic heterocycles. The largest absolute Gasteiger partial charge is 0.326 e. The van der Waals surface area contributed by atoms with E-state index in [-0.39, 0.29) is 11.8 Å². The normalized spacial score (nSPS) is 20.8. The molecule has 1 saturated carbocycles. The smallest absolute Gasteiger partial charge is 0.227 e. The number of hydrogen-bond donors (Lipinski definition) is 2. The Hall–Kier alpha value is -1.79. The van der Waals surface area contributed by atoms with Gasteiger partial charge < -0.3 is 11.1 Å². The molecule has 1 aromatic carbocycles. The monoisotopic (exact) mass is 242 g/mol. The summed E-state index contributed by atoms with van der Waals surface area (Å²) in [5, 5.41) is 2.97. The molecule has 0 spiro atoms. The number of nitrogens with two attached hydrogens (primary N) is 1. The van der Waals surface area contributed by atoms with Crippen LogP contribution in [-0.4, -0.2) is 12.5 Å². The molecule has 18 heavy (non-hydrogen) atoms. The number of hydrogen-bond acceptors (Lipinski definition) is 2. The van der Waals surface area contributed by atoms with Gasteiger partial charge in [-0.15, -0.1) is 0 Å². The number of amides is 1. The molecule has 3 N–H and O–H groups in total. The van der Waals surface area contributed by atoms with Crippen molar-refractivity contribution in [2.45, 2.75) is 20.3 Å². The fourth-order valence-corrected chi connectivity index (χ4v) is 1.95. The highest BCUT2D eigenvalue weighted by Crippen LogP contribution is 2.38. The summed E-state index contributed by atoms with van der Waals surface area (Å²) >= 11 is 0. The van der Waals surface area contributed by atoms with E-state index in [0.717, 1.165) is 23.2 Å². The van der Waals surface area contributed by atoms with Crippen molar-refractivity contribution in [1.82, 2.24) is 0 Å². The molecule has 3 heteroatoms. The lowest BCUT2D eigenvalue weighted by molar-refractivity contribution is -0.117. The van der Waals surface area contributed by atoms with Gasteiger partial charge in [0, 0.05) is 17.2 Å². The van der Waals surface area contributed by atoms with Crippen molar-refractivity contribution in [2.24, 2.45) is 17.6 Å². The van der Waals surface area contributed by atoms with Crippen LogP contribution in [0.4, 0.5) is 5.69 Å². The first-order valence-electron chi connectivity index (χ1n) is 6.22. The number of nitrogens with one attached hydrogen (secondary N) is 1. The average molecular weight is 242 g/mol. The van der Waals surface area contributed by atoms with Crippen molar-refractivity contribution in [3.05, 3.63) is 29.3 Å². The second kappa shape index (κ2) is 5.24. The predicted molar refractivity (Wildman–Crippen MR) is 73.0 cm³/mol. The van der Waals surface area contributed by atoms with E-state index >= 15 is 0 Å². The molecule has 1 amide bonds. The molecule has 1 aliphatic carbocycles. The minimum Gasteiger partial charge on any atom is -0.326 e. The van der Waals surface area contributed by atoms with Crippen LogP contribution < -0.4 is 11.1 Å². The molecule has 2 unspecified atom stereocenters. The van der Waals surface area contributed by atoms with Gasteiger partial charge in [-0.2, -0.15) is 0 Å². The number of anilines is 1. The molecule has 2 rings (SSSR count). The van der Waals surface area contributed by atoms with E-state index in [4.69, 9.17) is 5.73 Å². The quantitative estimate of drug-likeness (QED) is 0.778. The van der Waals surface area contributed by atoms with Gasteiger partial charge in [-0.25, -0.2) is 0 Å². The standard InChI is InChI=1S/C15H18N2O/c1-10-9-13(10)15(18)17-14-6-5-12(4-3-7-16)8-11(14)2/h5-6,8,10,13H,7,9,16H2,1-2H3,(H,17,18). The molecule has 1 fully saturated rings. The van der Waals surface area contributed by atoms with Gasteiger partial charge in [-0.3, -0.25) is 4.79 Å². The first kappa shape index (κ1) is 12.7. The summed E-state index contributed by atoms with van der Waals surface area (Å²) < 4.78 is 0. The molecule has 3 nitrogen and oxygen atoms in total. The first-order valence-corrected chi connectivity index (χ1v) is 6.22. The van der Waals surface area contributed by atoms with Gasteiger partial charge in [-0.05, 0) is 43.0 Å². The van der Waals surface area contributed by atoms with E-state index in [1.807, 2.05) is 25.1 Å². The topological polar surface area (TPSA) is 55.1 Å². The molecular weight excluding hydrogens is 224 g/mol. The second-order valence-electron chi connectivity index (χ2n) is 4.84. The molecule has 0 radical (unpaired) electrons. The van der Waals surface area contributed by atoms with E-state index in [2.05, 4.69) is 24.1 Å². The van der Waals surface area contributed by atoms with Crippen LogP contribution in [0.1, 0.15) is 24.5 Å². The highest BCUT2D eigenvalue weighted by atomic mass is 16.2. The molecule has 94 valence electrons. The second-order valence-corrected chi connectivity index (χ2v) is 4.84. The van der Waals surface area contributed by atoms with E-state index < -0.39 is 0 Å². The Morgan fingerprint density at radius 3 is 2.83 bits per heavy atom. The van der Waals surface area contributed by atoms with Crippen molar-refractivity contribution < 1.29 is 4.79 Å². The van der Waals surface area contributed by atoms with Crippen LogP contribution in [0, 0.1) is 30.6 Å². The summed E-state index contributed by atoms with van der Waals surface area (Å²) in [6, 6.07) is 5.77. The van der Waals surface area contributed by atoms with Gasteiger partial charge in [0.1, 0.15) is 0 Å². The van der Waals surface area contributed by atoms with Crippen molar-refractivity contribution in [2.75, 3.05) is 11.9 Å². The van der Waals surface area contributed by atoms with Crippen LogP contribution in [-0.2, 0) is 4.79 Å². The van der Waals surface area contributed by atoms with Crippen LogP contribution in [0.2, 0.25) is 0 Å². The summed E-state index contributed by atoms with van der Waals surface area (Å²) in [5.74, 6) is 6.65. The number of rotatable bonds is 2. The van der Waals surface area contributed by atoms with Gasteiger partial charge in [0.2, 0.25) is 5.91 Å². The minimum atomic E-state index is 0.131. The summed E-state index contributed by atoms with van der Waals surface area (Å²) in [6.07, 6.45) is 1.00. The zero-order valence-corrected chi connectivity index (χ0v) is 10.8. The van der Waals surface area contributed by atoms with Crippen molar-refractivity contribution >= 4 is 11.6 Å². The van der Waals surface area contributed by atoms with E-state index in [0.29, 0.717) is 12.5 Å². The Morgan fingerprint density at radius 1 is 1.56 bits per heavy atom. The molecule has 1 aliphatic rings. The zero-order valence-electron chi connectivity index (χ0n) is 10.8. The Labute approximate surface area is 108 Å². The molecule has 0 heterocycles. The number of aryl methyl sites for hydroxylation is 1. The fourth-order valence-electron chi connectivity index (χ4n) is 1.95. The summed E-state index contributed by atoms with van der Waals surface area (Å²) in [4.78, 5) is 11.8. The zero-order chi connectivity index (χ0) is 13.1. The molecule has 1 aromatic rings. The maximum Gasteiger partial charge on any atom is 0.227 e. The third-order valence-electron chi connectivity index (χ3n) is 3.27. The Morgan fingerprint density at radius 2 is 2.28 bits per heavy atom. The van der Waals surface area contributed by atoms with E-state index in [1.165, 1.54) is 0 Å². The summed E-state index contributed by atoms with van der Waals surface area (Å²) in [5.41, 5.74) is 8.16. The van der Waals surface area contributed by atoms with Crippen LogP contribution >= 0.6 is 0 Å². The summed E-state index contributed by atoms with van der Waals surface area (Å²) in [7, 11) is 0. The van der Waals surface area contributed by atoms with Gasteiger partial charge >= 0.3 is 0 Å². The predicted octanol–water partition coefficient (Wildman–Crippen LogP) is 1.90. The van der Waals surface area contributed by atoms with Crippen LogP contribution in [0.15, 0.2) is 18.2 Å². The molecule has 2 atom stereocenters. The minimum absolute atomic E-state index is 0.131. The lowest BCUT2D eigenvalue weighted by Gasteiger charge is -2.08. The Bertz CT molecular complexity index is 525. The maximum atomic E-state index is 11.8. The van der Waals surface area contributed by atoms with Crippen molar-refractivity contribution in [1.29, 1.82) is 0 Å². The molecular formula is C15H18N2O. The van der Waals surface area contributed by atoms with Crippen LogP contribution in [0.25, 0.3) is 0 Å². The molecule has 0 saturated heterocycles. The van der Waals surface area contributed by atoms with Crippen molar-refractivity contribution in [3.63, 3.8) is 0 Å². The highest BCUT2D eigenvalue weighted by molar-refractivity contribution is 5.95. The van der Waals surface area contributed by atoms with E-state index in [1.54, 1.807) is 0 Å². The van der Waals surface area contributed by atoms with Crippen molar-refractivity contribution in [3.8, 4) is 11.8 Å². The third kappa shape index (κ3) is 2.91. The van der Waals surface area contributed by atoms with Gasteiger partial charge in [0.15, 0.2) is 0 Å².